The fourth-order valence-corrected chi connectivity index (χ4v) is 5.49. The van der Waals surface area contributed by atoms with Crippen LogP contribution in [-0.2, 0) is 11.2 Å². The SMILES string of the molecule is Cc1ccc2c(c1O)C[C@@H](C1CCN(CCC(C)NC(=O)Oc3cccs3)CC1)O[C@H]2CN. The van der Waals surface area contributed by atoms with Gasteiger partial charge in [0.2, 0.25) is 0 Å². The Kier molecular flexibility index (Phi) is 7.90. The number of rotatable bonds is 7. The quantitative estimate of drug-likeness (QED) is 0.563. The molecule has 3 atom stereocenters. The Morgan fingerprint density at radius 2 is 2.15 bits per heavy atom. The summed E-state index contributed by atoms with van der Waals surface area (Å²) < 4.78 is 11.7. The molecule has 0 bridgehead atoms. The number of ether oxygens (including phenoxy) is 2. The minimum Gasteiger partial charge on any atom is -0.507 e. The molecule has 2 aliphatic heterocycles. The van der Waals surface area contributed by atoms with E-state index in [1.165, 1.54) is 11.3 Å². The molecule has 2 aromatic rings. The molecule has 0 aliphatic carbocycles. The fourth-order valence-electron chi connectivity index (χ4n) is 4.92. The second-order valence-electron chi connectivity index (χ2n) is 9.24. The van der Waals surface area contributed by atoms with E-state index in [4.69, 9.17) is 15.2 Å². The first-order valence-corrected chi connectivity index (χ1v) is 12.7. The molecule has 3 heterocycles. The highest BCUT2D eigenvalue weighted by Gasteiger charge is 2.35. The van der Waals surface area contributed by atoms with Gasteiger partial charge in [0.25, 0.3) is 0 Å². The average Bonchev–Trinajstić information content (AvgIpc) is 3.32. The number of carbonyl (C=O) groups is 1. The van der Waals surface area contributed by atoms with E-state index < -0.39 is 6.09 Å². The van der Waals surface area contributed by atoms with Gasteiger partial charge in [-0.25, -0.2) is 4.79 Å². The summed E-state index contributed by atoms with van der Waals surface area (Å²) >= 11 is 1.40. The third kappa shape index (κ3) is 5.87. The van der Waals surface area contributed by atoms with Crippen molar-refractivity contribution in [3.8, 4) is 10.8 Å². The van der Waals surface area contributed by atoms with Gasteiger partial charge in [0.15, 0.2) is 5.06 Å². The van der Waals surface area contributed by atoms with Crippen molar-refractivity contribution in [2.75, 3.05) is 26.2 Å². The highest BCUT2D eigenvalue weighted by molar-refractivity contribution is 7.11. The minimum absolute atomic E-state index is 0.0462. The maximum atomic E-state index is 12.0. The van der Waals surface area contributed by atoms with E-state index in [-0.39, 0.29) is 18.2 Å². The maximum Gasteiger partial charge on any atom is 0.413 e. The lowest BCUT2D eigenvalue weighted by Gasteiger charge is -2.40. The summed E-state index contributed by atoms with van der Waals surface area (Å²) in [6, 6.07) is 7.68. The number of hydrogen-bond acceptors (Lipinski definition) is 7. The van der Waals surface area contributed by atoms with Crippen LogP contribution in [0.5, 0.6) is 10.8 Å². The number of aromatic hydroxyl groups is 1. The van der Waals surface area contributed by atoms with Crippen LogP contribution in [-0.4, -0.2) is 54.4 Å². The van der Waals surface area contributed by atoms with Crippen molar-refractivity contribution in [1.82, 2.24) is 10.2 Å². The van der Waals surface area contributed by atoms with E-state index in [2.05, 4.69) is 10.2 Å². The second kappa shape index (κ2) is 10.9. The van der Waals surface area contributed by atoms with Crippen LogP contribution in [0.3, 0.4) is 0 Å². The van der Waals surface area contributed by atoms with Gasteiger partial charge in [0.05, 0.1) is 12.2 Å². The monoisotopic (exact) mass is 473 g/mol. The number of thiophene rings is 1. The topological polar surface area (TPSA) is 97.0 Å². The van der Waals surface area contributed by atoms with Crippen LogP contribution in [0.2, 0.25) is 0 Å². The van der Waals surface area contributed by atoms with E-state index >= 15 is 0 Å². The first kappa shape index (κ1) is 24.0. The molecule has 1 fully saturated rings. The fraction of sp³-hybridized carbons (Fsp3) is 0.560. The molecular weight excluding hydrogens is 438 g/mol. The Morgan fingerprint density at radius 1 is 1.36 bits per heavy atom. The molecule has 1 saturated heterocycles. The lowest BCUT2D eigenvalue weighted by Crippen LogP contribution is -2.43. The van der Waals surface area contributed by atoms with Gasteiger partial charge < -0.3 is 30.5 Å². The van der Waals surface area contributed by atoms with E-state index in [0.29, 0.717) is 23.3 Å². The predicted molar refractivity (Wildman–Crippen MR) is 130 cm³/mol. The van der Waals surface area contributed by atoms with Crippen LogP contribution < -0.4 is 15.8 Å². The summed E-state index contributed by atoms with van der Waals surface area (Å²) in [5.41, 5.74) is 8.96. The molecule has 1 amide bonds. The van der Waals surface area contributed by atoms with Gasteiger partial charge in [0, 0.05) is 31.1 Å². The molecule has 1 aromatic carbocycles. The van der Waals surface area contributed by atoms with Crippen molar-refractivity contribution in [3.05, 3.63) is 46.3 Å². The summed E-state index contributed by atoms with van der Waals surface area (Å²) in [7, 11) is 0. The number of carbonyl (C=O) groups excluding carboxylic acids is 1. The van der Waals surface area contributed by atoms with E-state index in [1.807, 2.05) is 37.4 Å². The zero-order valence-electron chi connectivity index (χ0n) is 19.5. The third-order valence-corrected chi connectivity index (χ3v) is 7.66. The second-order valence-corrected chi connectivity index (χ2v) is 10.1. The molecule has 180 valence electrons. The normalized spacial score (nSPS) is 22.5. The van der Waals surface area contributed by atoms with Crippen molar-refractivity contribution >= 4 is 17.4 Å². The summed E-state index contributed by atoms with van der Waals surface area (Å²) in [6.07, 6.45) is 3.29. The molecule has 8 heteroatoms. The van der Waals surface area contributed by atoms with Gasteiger partial charge in [-0.1, -0.05) is 12.1 Å². The Labute approximate surface area is 199 Å². The Hall–Kier alpha value is -2.13. The molecule has 4 rings (SSSR count). The largest absolute Gasteiger partial charge is 0.507 e. The number of piperidine rings is 1. The number of phenols is 1. The van der Waals surface area contributed by atoms with Gasteiger partial charge in [-0.2, -0.15) is 0 Å². The van der Waals surface area contributed by atoms with Crippen LogP contribution in [0.4, 0.5) is 4.79 Å². The van der Waals surface area contributed by atoms with Crippen LogP contribution in [0.15, 0.2) is 29.6 Å². The Balaban J connectivity index is 1.23. The van der Waals surface area contributed by atoms with Crippen molar-refractivity contribution in [3.63, 3.8) is 0 Å². The number of benzene rings is 1. The summed E-state index contributed by atoms with van der Waals surface area (Å²) in [6.45, 7) is 7.33. The highest BCUT2D eigenvalue weighted by Crippen LogP contribution is 2.40. The number of nitrogens with one attached hydrogen (secondary N) is 1. The van der Waals surface area contributed by atoms with Crippen molar-refractivity contribution in [2.24, 2.45) is 11.7 Å². The molecule has 7 nitrogen and oxygen atoms in total. The number of nitrogens with two attached hydrogens (primary N) is 1. The first-order valence-electron chi connectivity index (χ1n) is 11.9. The van der Waals surface area contributed by atoms with Gasteiger partial charge in [-0.3, -0.25) is 0 Å². The summed E-state index contributed by atoms with van der Waals surface area (Å²) in [5.74, 6) is 0.857. The zero-order valence-corrected chi connectivity index (χ0v) is 20.3. The number of likely N-dealkylation sites (tertiary alicyclic amines) is 1. The Morgan fingerprint density at radius 3 is 2.85 bits per heavy atom. The van der Waals surface area contributed by atoms with E-state index in [9.17, 15) is 9.90 Å². The lowest BCUT2D eigenvalue weighted by molar-refractivity contribution is -0.0647. The van der Waals surface area contributed by atoms with Crippen molar-refractivity contribution in [2.45, 2.75) is 57.8 Å². The molecule has 33 heavy (non-hydrogen) atoms. The number of fused-ring (bicyclic) bond motifs is 1. The summed E-state index contributed by atoms with van der Waals surface area (Å²) in [4.78, 5) is 14.4. The smallest absolute Gasteiger partial charge is 0.413 e. The zero-order chi connectivity index (χ0) is 23.4. The van der Waals surface area contributed by atoms with Crippen LogP contribution in [0.25, 0.3) is 0 Å². The number of aryl methyl sites for hydroxylation is 1. The molecule has 0 spiro atoms. The maximum absolute atomic E-state index is 12.0. The van der Waals surface area contributed by atoms with Crippen molar-refractivity contribution in [1.29, 1.82) is 0 Å². The van der Waals surface area contributed by atoms with Crippen LogP contribution in [0, 0.1) is 12.8 Å². The lowest BCUT2D eigenvalue weighted by atomic mass is 9.83. The number of nitrogens with zero attached hydrogens (tertiary/aromatic N) is 1. The molecule has 0 saturated carbocycles. The highest BCUT2D eigenvalue weighted by atomic mass is 32.1. The predicted octanol–water partition coefficient (Wildman–Crippen LogP) is 3.98. The van der Waals surface area contributed by atoms with Crippen LogP contribution >= 0.6 is 11.3 Å². The summed E-state index contributed by atoms with van der Waals surface area (Å²) in [5, 5.41) is 16.0. The van der Waals surface area contributed by atoms with Gasteiger partial charge in [0.1, 0.15) is 5.75 Å². The van der Waals surface area contributed by atoms with Gasteiger partial charge >= 0.3 is 6.09 Å². The average molecular weight is 474 g/mol. The minimum atomic E-state index is -0.397. The van der Waals surface area contributed by atoms with Gasteiger partial charge in [-0.05, 0) is 80.8 Å². The molecular formula is C25H35N3O4S. The van der Waals surface area contributed by atoms with Crippen molar-refractivity contribution < 1.29 is 19.4 Å². The van der Waals surface area contributed by atoms with Gasteiger partial charge in [-0.15, -0.1) is 11.3 Å². The molecule has 4 N–H and O–H groups in total. The number of phenolic OH excluding ortho intramolecular Hbond substituents is 1. The molecule has 1 aromatic heterocycles. The molecule has 2 aliphatic rings. The number of hydrogen-bond donors (Lipinski definition) is 3. The molecule has 1 unspecified atom stereocenters. The Bertz CT molecular complexity index is 928. The van der Waals surface area contributed by atoms with Crippen LogP contribution in [0.1, 0.15) is 49.0 Å². The third-order valence-electron chi connectivity index (χ3n) is 6.92. The van der Waals surface area contributed by atoms with E-state index in [1.54, 1.807) is 6.07 Å². The first-order chi connectivity index (χ1) is 15.9. The standard InChI is InChI=1S/C25H35N3O4S/c1-16-5-6-19-20(24(16)29)14-21(31-22(19)15-26)18-8-11-28(12-9-18)10-7-17(2)27-25(30)32-23-4-3-13-33-23/h3-6,13,17-18,21-22,29H,7-12,14-15,26H2,1-2H3,(H,27,30)/t17?,21-,22-/m0/s1. The number of amides is 1. The van der Waals surface area contributed by atoms with E-state index in [0.717, 1.165) is 62.0 Å². The molecule has 0 radical (unpaired) electrons.